The molecule has 1 aromatic carbocycles. The molecule has 1 fully saturated rings. The van der Waals surface area contributed by atoms with Gasteiger partial charge in [-0.05, 0) is 50.3 Å². The summed E-state index contributed by atoms with van der Waals surface area (Å²) in [5, 5.41) is 0. The maximum Gasteiger partial charge on any atom is 0.232 e. The lowest BCUT2D eigenvalue weighted by Gasteiger charge is -2.36. The van der Waals surface area contributed by atoms with Crippen molar-refractivity contribution in [2.75, 3.05) is 13.1 Å². The fourth-order valence-corrected chi connectivity index (χ4v) is 2.60. The van der Waals surface area contributed by atoms with Gasteiger partial charge < -0.3 is 4.90 Å². The molecule has 0 N–H and O–H groups in total. The summed E-state index contributed by atoms with van der Waals surface area (Å²) < 4.78 is 13.0. The summed E-state index contributed by atoms with van der Waals surface area (Å²) in [5.74, 6) is 0.586. The number of benzene rings is 1. The SMILES string of the molecule is CC1CCN(C(=O)C(C)(C)c2ccc(F)cc2)CC1. The third-order valence-corrected chi connectivity index (χ3v) is 4.17. The maximum absolute atomic E-state index is 13.0. The van der Waals surface area contributed by atoms with Crippen molar-refractivity contribution in [2.24, 2.45) is 5.92 Å². The molecule has 3 heteroatoms. The third-order valence-electron chi connectivity index (χ3n) is 4.17. The first kappa shape index (κ1) is 14.0. The average molecular weight is 263 g/mol. The number of amides is 1. The summed E-state index contributed by atoms with van der Waals surface area (Å²) in [7, 11) is 0. The zero-order valence-electron chi connectivity index (χ0n) is 11.9. The Kier molecular flexibility index (Phi) is 3.93. The van der Waals surface area contributed by atoms with Crippen LogP contribution in [0.2, 0.25) is 0 Å². The molecule has 0 unspecified atom stereocenters. The van der Waals surface area contributed by atoms with Crippen LogP contribution in [0.5, 0.6) is 0 Å². The number of hydrogen-bond donors (Lipinski definition) is 0. The first-order valence-corrected chi connectivity index (χ1v) is 6.96. The lowest BCUT2D eigenvalue weighted by molar-refractivity contribution is -0.137. The fourth-order valence-electron chi connectivity index (χ4n) is 2.60. The third kappa shape index (κ3) is 2.96. The fraction of sp³-hybridized carbons (Fsp3) is 0.562. The molecule has 0 atom stereocenters. The van der Waals surface area contributed by atoms with Crippen molar-refractivity contribution in [3.05, 3.63) is 35.6 Å². The predicted octanol–water partition coefficient (Wildman–Crippen LogP) is 3.36. The van der Waals surface area contributed by atoms with E-state index in [0.29, 0.717) is 5.92 Å². The van der Waals surface area contributed by atoms with Crippen molar-refractivity contribution in [2.45, 2.75) is 39.0 Å². The van der Waals surface area contributed by atoms with Gasteiger partial charge in [0.1, 0.15) is 5.82 Å². The van der Waals surface area contributed by atoms with Gasteiger partial charge in [0, 0.05) is 13.1 Å². The zero-order chi connectivity index (χ0) is 14.0. The van der Waals surface area contributed by atoms with E-state index in [-0.39, 0.29) is 11.7 Å². The van der Waals surface area contributed by atoms with Crippen LogP contribution in [-0.4, -0.2) is 23.9 Å². The number of nitrogens with zero attached hydrogens (tertiary/aromatic N) is 1. The number of rotatable bonds is 2. The largest absolute Gasteiger partial charge is 0.342 e. The number of piperidine rings is 1. The number of carbonyl (C=O) groups is 1. The van der Waals surface area contributed by atoms with Crippen LogP contribution in [0.25, 0.3) is 0 Å². The second-order valence-corrected chi connectivity index (χ2v) is 6.11. The molecule has 0 aliphatic carbocycles. The lowest BCUT2D eigenvalue weighted by Crippen LogP contribution is -2.46. The first-order valence-electron chi connectivity index (χ1n) is 6.96. The average Bonchev–Trinajstić information content (AvgIpc) is 2.39. The number of likely N-dealkylation sites (tertiary alicyclic amines) is 1. The molecule has 1 aliphatic heterocycles. The van der Waals surface area contributed by atoms with Gasteiger partial charge in [0.15, 0.2) is 0 Å². The highest BCUT2D eigenvalue weighted by Crippen LogP contribution is 2.28. The normalized spacial score (nSPS) is 17.6. The Bertz CT molecular complexity index is 444. The van der Waals surface area contributed by atoms with Gasteiger partial charge in [0.05, 0.1) is 5.41 Å². The zero-order valence-corrected chi connectivity index (χ0v) is 11.9. The van der Waals surface area contributed by atoms with E-state index in [9.17, 15) is 9.18 Å². The minimum atomic E-state index is -0.589. The van der Waals surface area contributed by atoms with Crippen LogP contribution in [0, 0.1) is 11.7 Å². The van der Waals surface area contributed by atoms with E-state index >= 15 is 0 Å². The Balaban J connectivity index is 2.14. The molecule has 1 aromatic rings. The van der Waals surface area contributed by atoms with Crippen LogP contribution in [-0.2, 0) is 10.2 Å². The van der Waals surface area contributed by atoms with Crippen molar-refractivity contribution in [1.82, 2.24) is 4.90 Å². The number of hydrogen-bond acceptors (Lipinski definition) is 1. The summed E-state index contributed by atoms with van der Waals surface area (Å²) in [6.07, 6.45) is 2.15. The molecule has 0 bridgehead atoms. The topological polar surface area (TPSA) is 20.3 Å². The van der Waals surface area contributed by atoms with Crippen LogP contribution < -0.4 is 0 Å². The molecule has 0 saturated carbocycles. The number of halogens is 1. The van der Waals surface area contributed by atoms with E-state index in [1.165, 1.54) is 12.1 Å². The monoisotopic (exact) mass is 263 g/mol. The van der Waals surface area contributed by atoms with Gasteiger partial charge in [0.2, 0.25) is 5.91 Å². The van der Waals surface area contributed by atoms with Crippen molar-refractivity contribution in [3.8, 4) is 0 Å². The van der Waals surface area contributed by atoms with Gasteiger partial charge in [-0.2, -0.15) is 0 Å². The van der Waals surface area contributed by atoms with Crippen molar-refractivity contribution >= 4 is 5.91 Å². The highest BCUT2D eigenvalue weighted by atomic mass is 19.1. The van der Waals surface area contributed by atoms with Crippen molar-refractivity contribution < 1.29 is 9.18 Å². The highest BCUT2D eigenvalue weighted by molar-refractivity contribution is 5.87. The molecule has 104 valence electrons. The molecule has 0 radical (unpaired) electrons. The lowest BCUT2D eigenvalue weighted by atomic mass is 9.82. The Hall–Kier alpha value is -1.38. The smallest absolute Gasteiger partial charge is 0.232 e. The summed E-state index contributed by atoms with van der Waals surface area (Å²) in [6.45, 7) is 7.74. The molecule has 0 aromatic heterocycles. The first-order chi connectivity index (χ1) is 8.91. The van der Waals surface area contributed by atoms with Gasteiger partial charge in [0.25, 0.3) is 0 Å². The molecule has 0 spiro atoms. The van der Waals surface area contributed by atoms with E-state index in [2.05, 4.69) is 6.92 Å². The van der Waals surface area contributed by atoms with Gasteiger partial charge in [-0.25, -0.2) is 4.39 Å². The highest BCUT2D eigenvalue weighted by Gasteiger charge is 2.34. The molecule has 2 nitrogen and oxygen atoms in total. The Morgan fingerprint density at radius 1 is 1.21 bits per heavy atom. The van der Waals surface area contributed by atoms with Gasteiger partial charge in [-0.3, -0.25) is 4.79 Å². The summed E-state index contributed by atoms with van der Waals surface area (Å²) in [6, 6.07) is 6.25. The Labute approximate surface area is 114 Å². The van der Waals surface area contributed by atoms with Gasteiger partial charge in [-0.1, -0.05) is 19.1 Å². The minimum Gasteiger partial charge on any atom is -0.342 e. The van der Waals surface area contributed by atoms with Crippen molar-refractivity contribution in [1.29, 1.82) is 0 Å². The Morgan fingerprint density at radius 2 is 1.74 bits per heavy atom. The Morgan fingerprint density at radius 3 is 2.26 bits per heavy atom. The van der Waals surface area contributed by atoms with Gasteiger partial charge in [-0.15, -0.1) is 0 Å². The molecule has 1 heterocycles. The van der Waals surface area contributed by atoms with E-state index in [0.717, 1.165) is 31.5 Å². The predicted molar refractivity (Wildman–Crippen MR) is 74.4 cm³/mol. The van der Waals surface area contributed by atoms with E-state index < -0.39 is 5.41 Å². The van der Waals surface area contributed by atoms with Crippen LogP contribution in [0.15, 0.2) is 24.3 Å². The maximum atomic E-state index is 13.0. The quantitative estimate of drug-likeness (QED) is 0.801. The van der Waals surface area contributed by atoms with Crippen LogP contribution in [0.3, 0.4) is 0 Å². The minimum absolute atomic E-state index is 0.144. The van der Waals surface area contributed by atoms with E-state index in [1.54, 1.807) is 12.1 Å². The van der Waals surface area contributed by atoms with Crippen molar-refractivity contribution in [3.63, 3.8) is 0 Å². The van der Waals surface area contributed by atoms with Crippen LogP contribution >= 0.6 is 0 Å². The molecular weight excluding hydrogens is 241 g/mol. The van der Waals surface area contributed by atoms with Gasteiger partial charge >= 0.3 is 0 Å². The molecule has 1 saturated heterocycles. The summed E-state index contributed by atoms with van der Waals surface area (Å²) in [4.78, 5) is 14.6. The summed E-state index contributed by atoms with van der Waals surface area (Å²) in [5.41, 5.74) is 0.284. The summed E-state index contributed by atoms with van der Waals surface area (Å²) >= 11 is 0. The van der Waals surface area contributed by atoms with Crippen LogP contribution in [0.4, 0.5) is 4.39 Å². The van der Waals surface area contributed by atoms with E-state index in [4.69, 9.17) is 0 Å². The molecule has 1 aliphatic rings. The standard InChI is InChI=1S/C16H22FNO/c1-12-8-10-18(11-9-12)15(19)16(2,3)13-4-6-14(17)7-5-13/h4-7,12H,8-11H2,1-3H3. The second kappa shape index (κ2) is 5.32. The molecule has 2 rings (SSSR count). The van der Waals surface area contributed by atoms with E-state index in [1.807, 2.05) is 18.7 Å². The number of carbonyl (C=O) groups excluding carboxylic acids is 1. The molecular formula is C16H22FNO. The second-order valence-electron chi connectivity index (χ2n) is 6.11. The molecule has 1 amide bonds. The van der Waals surface area contributed by atoms with Crippen LogP contribution in [0.1, 0.15) is 39.2 Å². The molecule has 19 heavy (non-hydrogen) atoms.